The molecule has 1 fully saturated rings. The van der Waals surface area contributed by atoms with Gasteiger partial charge in [-0.3, -0.25) is 4.79 Å². The van der Waals surface area contributed by atoms with Crippen LogP contribution in [0.25, 0.3) is 0 Å². The Labute approximate surface area is 124 Å². The first-order valence-electron chi connectivity index (χ1n) is 7.32. The third-order valence-electron chi connectivity index (χ3n) is 3.77. The highest BCUT2D eigenvalue weighted by atomic mass is 16.5. The average molecular weight is 291 g/mol. The van der Waals surface area contributed by atoms with E-state index in [1.54, 1.807) is 24.3 Å². The first-order chi connectivity index (χ1) is 10.1. The number of nitrogens with one attached hydrogen (secondary N) is 1. The van der Waals surface area contributed by atoms with Crippen molar-refractivity contribution in [2.75, 3.05) is 19.8 Å². The molecule has 0 atom stereocenters. The predicted molar refractivity (Wildman–Crippen MR) is 78.3 cm³/mol. The SMILES string of the molecule is O=C(CCc1ccc(C(=O)O)cc1)NCC1CCOCC1. The summed E-state index contributed by atoms with van der Waals surface area (Å²) < 4.78 is 5.28. The Hall–Kier alpha value is -1.88. The lowest BCUT2D eigenvalue weighted by molar-refractivity contribution is -0.121. The van der Waals surface area contributed by atoms with Crippen molar-refractivity contribution in [1.82, 2.24) is 5.32 Å². The van der Waals surface area contributed by atoms with Crippen molar-refractivity contribution in [1.29, 1.82) is 0 Å². The fourth-order valence-corrected chi connectivity index (χ4v) is 2.37. The Morgan fingerprint density at radius 3 is 2.48 bits per heavy atom. The minimum absolute atomic E-state index is 0.0452. The standard InChI is InChI=1S/C16H21NO4/c18-15(17-11-13-7-9-21-10-8-13)6-3-12-1-4-14(5-2-12)16(19)20/h1-2,4-5,13H,3,6-11H2,(H,17,18)(H,19,20). The number of carbonyl (C=O) groups excluding carboxylic acids is 1. The van der Waals surface area contributed by atoms with Crippen LogP contribution < -0.4 is 5.32 Å². The van der Waals surface area contributed by atoms with E-state index < -0.39 is 5.97 Å². The number of aromatic carboxylic acids is 1. The summed E-state index contributed by atoms with van der Waals surface area (Å²) in [7, 11) is 0. The first-order valence-corrected chi connectivity index (χ1v) is 7.32. The van der Waals surface area contributed by atoms with Crippen molar-refractivity contribution < 1.29 is 19.4 Å². The zero-order valence-electron chi connectivity index (χ0n) is 12.0. The van der Waals surface area contributed by atoms with E-state index in [2.05, 4.69) is 5.32 Å². The van der Waals surface area contributed by atoms with Gasteiger partial charge in [-0.1, -0.05) is 12.1 Å². The summed E-state index contributed by atoms with van der Waals surface area (Å²) in [4.78, 5) is 22.5. The van der Waals surface area contributed by atoms with Crippen LogP contribution in [0.2, 0.25) is 0 Å². The summed E-state index contributed by atoms with van der Waals surface area (Å²) in [6, 6.07) is 6.65. The molecule has 0 unspecified atom stereocenters. The van der Waals surface area contributed by atoms with Crippen LogP contribution in [0.4, 0.5) is 0 Å². The fourth-order valence-electron chi connectivity index (χ4n) is 2.37. The van der Waals surface area contributed by atoms with Crippen LogP contribution in [0, 0.1) is 5.92 Å². The van der Waals surface area contributed by atoms with Gasteiger partial charge in [0.05, 0.1) is 5.56 Å². The summed E-state index contributed by atoms with van der Waals surface area (Å²) in [5, 5.41) is 11.8. The summed E-state index contributed by atoms with van der Waals surface area (Å²) in [6.07, 6.45) is 3.07. The maximum atomic E-state index is 11.8. The largest absolute Gasteiger partial charge is 0.478 e. The van der Waals surface area contributed by atoms with E-state index in [-0.39, 0.29) is 11.5 Å². The molecule has 1 heterocycles. The molecule has 0 spiro atoms. The van der Waals surface area contributed by atoms with Gasteiger partial charge >= 0.3 is 5.97 Å². The molecule has 2 rings (SSSR count). The fraction of sp³-hybridized carbons (Fsp3) is 0.500. The first kappa shape index (κ1) is 15.5. The van der Waals surface area contributed by atoms with Crippen LogP contribution in [0.1, 0.15) is 35.2 Å². The number of carboxylic acids is 1. The number of benzene rings is 1. The van der Waals surface area contributed by atoms with E-state index in [4.69, 9.17) is 9.84 Å². The van der Waals surface area contributed by atoms with Crippen molar-refractivity contribution in [3.05, 3.63) is 35.4 Å². The van der Waals surface area contributed by atoms with Crippen LogP contribution in [0.5, 0.6) is 0 Å². The third kappa shape index (κ3) is 5.19. The van der Waals surface area contributed by atoms with Crippen molar-refractivity contribution in [2.24, 2.45) is 5.92 Å². The highest BCUT2D eigenvalue weighted by molar-refractivity contribution is 5.87. The highest BCUT2D eigenvalue weighted by Gasteiger charge is 2.14. The molecule has 5 nitrogen and oxygen atoms in total. The number of rotatable bonds is 6. The molecule has 1 amide bonds. The van der Waals surface area contributed by atoms with Gasteiger partial charge in [0.15, 0.2) is 0 Å². The average Bonchev–Trinajstić information content (AvgIpc) is 2.52. The Bertz CT molecular complexity index is 478. The summed E-state index contributed by atoms with van der Waals surface area (Å²) in [6.45, 7) is 2.30. The molecule has 1 saturated heterocycles. The lowest BCUT2D eigenvalue weighted by Crippen LogP contribution is -2.32. The topological polar surface area (TPSA) is 75.6 Å². The van der Waals surface area contributed by atoms with Crippen LogP contribution in [0.3, 0.4) is 0 Å². The minimum atomic E-state index is -0.934. The van der Waals surface area contributed by atoms with Crippen molar-refractivity contribution >= 4 is 11.9 Å². The van der Waals surface area contributed by atoms with Gasteiger partial charge in [0.2, 0.25) is 5.91 Å². The number of aryl methyl sites for hydroxylation is 1. The lowest BCUT2D eigenvalue weighted by atomic mass is 10.0. The van der Waals surface area contributed by atoms with Gasteiger partial charge in [-0.2, -0.15) is 0 Å². The molecule has 0 bridgehead atoms. The highest BCUT2D eigenvalue weighted by Crippen LogP contribution is 2.13. The number of hydrogen-bond donors (Lipinski definition) is 2. The van der Waals surface area contributed by atoms with Gasteiger partial charge in [0, 0.05) is 26.2 Å². The number of carbonyl (C=O) groups is 2. The van der Waals surface area contributed by atoms with Crippen molar-refractivity contribution in [3.8, 4) is 0 Å². The van der Waals surface area contributed by atoms with E-state index in [9.17, 15) is 9.59 Å². The number of carboxylic acid groups (broad SMARTS) is 1. The van der Waals surface area contributed by atoms with Crippen LogP contribution in [0.15, 0.2) is 24.3 Å². The second-order valence-corrected chi connectivity index (χ2v) is 5.36. The molecule has 2 N–H and O–H groups in total. The smallest absolute Gasteiger partial charge is 0.335 e. The van der Waals surface area contributed by atoms with Gasteiger partial charge in [0.1, 0.15) is 0 Å². The molecule has 0 aromatic heterocycles. The van der Waals surface area contributed by atoms with E-state index in [1.807, 2.05) is 0 Å². The van der Waals surface area contributed by atoms with E-state index in [0.717, 1.165) is 38.2 Å². The van der Waals surface area contributed by atoms with Gasteiger partial charge in [0.25, 0.3) is 0 Å². The summed E-state index contributed by atoms with van der Waals surface area (Å²) in [5.41, 5.74) is 1.24. The van der Waals surface area contributed by atoms with Gasteiger partial charge < -0.3 is 15.2 Å². The zero-order valence-corrected chi connectivity index (χ0v) is 12.0. The van der Waals surface area contributed by atoms with Gasteiger partial charge in [-0.25, -0.2) is 4.79 Å². The number of hydrogen-bond acceptors (Lipinski definition) is 3. The normalized spacial score (nSPS) is 15.6. The molecule has 1 aliphatic rings. The van der Waals surface area contributed by atoms with E-state index >= 15 is 0 Å². The Morgan fingerprint density at radius 2 is 1.86 bits per heavy atom. The quantitative estimate of drug-likeness (QED) is 0.839. The molecule has 0 radical (unpaired) electrons. The molecule has 5 heteroatoms. The number of amides is 1. The van der Waals surface area contributed by atoms with Crippen molar-refractivity contribution in [2.45, 2.75) is 25.7 Å². The van der Waals surface area contributed by atoms with Crippen LogP contribution in [-0.4, -0.2) is 36.7 Å². The molecular weight excluding hydrogens is 270 g/mol. The molecule has 114 valence electrons. The summed E-state index contributed by atoms with van der Waals surface area (Å²) >= 11 is 0. The van der Waals surface area contributed by atoms with Crippen LogP contribution >= 0.6 is 0 Å². The number of ether oxygens (including phenoxy) is 1. The third-order valence-corrected chi connectivity index (χ3v) is 3.77. The zero-order chi connectivity index (χ0) is 15.1. The van der Waals surface area contributed by atoms with Crippen molar-refractivity contribution in [3.63, 3.8) is 0 Å². The lowest BCUT2D eigenvalue weighted by Gasteiger charge is -2.22. The molecule has 0 aliphatic carbocycles. The minimum Gasteiger partial charge on any atom is -0.478 e. The Kier molecular flexibility index (Phi) is 5.75. The molecule has 1 aliphatic heterocycles. The second-order valence-electron chi connectivity index (χ2n) is 5.36. The molecule has 0 saturated carbocycles. The van der Waals surface area contributed by atoms with Crippen LogP contribution in [-0.2, 0) is 16.0 Å². The van der Waals surface area contributed by atoms with E-state index in [0.29, 0.717) is 18.8 Å². The predicted octanol–water partition coefficient (Wildman–Crippen LogP) is 1.86. The monoisotopic (exact) mass is 291 g/mol. The Morgan fingerprint density at radius 1 is 1.19 bits per heavy atom. The summed E-state index contributed by atoms with van der Waals surface area (Å²) in [5.74, 6) is -0.364. The molecular formula is C16H21NO4. The second kappa shape index (κ2) is 7.78. The Balaban J connectivity index is 1.69. The molecule has 1 aromatic rings. The van der Waals surface area contributed by atoms with E-state index in [1.165, 1.54) is 0 Å². The van der Waals surface area contributed by atoms with Gasteiger partial charge in [-0.05, 0) is 42.9 Å². The molecule has 21 heavy (non-hydrogen) atoms. The molecule has 1 aromatic carbocycles. The maximum Gasteiger partial charge on any atom is 0.335 e. The maximum absolute atomic E-state index is 11.8. The van der Waals surface area contributed by atoms with Gasteiger partial charge in [-0.15, -0.1) is 0 Å².